The van der Waals surface area contributed by atoms with Gasteiger partial charge in [0.1, 0.15) is 0 Å². The van der Waals surface area contributed by atoms with Gasteiger partial charge in [-0.25, -0.2) is 9.97 Å². The fourth-order valence-electron chi connectivity index (χ4n) is 2.99. The lowest BCUT2D eigenvalue weighted by atomic mass is 10.0. The number of hydrogen-bond donors (Lipinski definition) is 2. The van der Waals surface area contributed by atoms with Crippen LogP contribution >= 0.6 is 22.7 Å². The third-order valence-electron chi connectivity index (χ3n) is 3.71. The predicted octanol–water partition coefficient (Wildman–Crippen LogP) is 2.45. The Hall–Kier alpha value is -0.720. The lowest BCUT2D eigenvalue weighted by molar-refractivity contribution is 0.378. The summed E-state index contributed by atoms with van der Waals surface area (Å²) in [5, 5.41) is 8.30. The van der Waals surface area contributed by atoms with E-state index in [-0.39, 0.29) is 0 Å². The van der Waals surface area contributed by atoms with Crippen LogP contribution in [0.15, 0.2) is 5.51 Å². The molecule has 0 radical (unpaired) electrons. The first kappa shape index (κ1) is 10.2. The number of nitrogens with one attached hydrogen (secondary N) is 2. The van der Waals surface area contributed by atoms with Crippen LogP contribution < -0.4 is 10.6 Å². The summed E-state index contributed by atoms with van der Waals surface area (Å²) in [7, 11) is 0. The van der Waals surface area contributed by atoms with Gasteiger partial charge in [0.05, 0.1) is 5.51 Å². The fraction of sp³-hybridized carbons (Fsp3) is 0.636. The van der Waals surface area contributed by atoms with Crippen molar-refractivity contribution in [3.05, 3.63) is 5.51 Å². The molecule has 90 valence electrons. The molecule has 2 saturated heterocycles. The molecule has 2 bridgehead atoms. The number of nitrogens with zero attached hydrogens (tertiary/aromatic N) is 2. The zero-order chi connectivity index (χ0) is 11.2. The Labute approximate surface area is 107 Å². The molecule has 0 aromatic carbocycles. The standard InChI is InChI=1S/C11H14N4S2/c1-2-7-4-8(3-6(1)13-7)14-11-15-10-9(17-11)12-5-16-10/h5-8,13H,1-4H2,(H,14,15). The van der Waals surface area contributed by atoms with Crippen LogP contribution in [-0.4, -0.2) is 28.1 Å². The van der Waals surface area contributed by atoms with Gasteiger partial charge in [-0.05, 0) is 25.7 Å². The van der Waals surface area contributed by atoms with E-state index in [2.05, 4.69) is 20.6 Å². The zero-order valence-electron chi connectivity index (χ0n) is 9.35. The van der Waals surface area contributed by atoms with Crippen molar-refractivity contribution in [1.82, 2.24) is 15.3 Å². The summed E-state index contributed by atoms with van der Waals surface area (Å²) in [5.74, 6) is 0. The van der Waals surface area contributed by atoms with Crippen molar-refractivity contribution in [2.45, 2.75) is 43.8 Å². The van der Waals surface area contributed by atoms with Gasteiger partial charge in [0, 0.05) is 18.1 Å². The SMILES string of the molecule is c1nc2sc(NC3CC4CCC(C3)N4)nc2s1. The molecule has 6 heteroatoms. The molecule has 17 heavy (non-hydrogen) atoms. The van der Waals surface area contributed by atoms with E-state index in [1.807, 2.05) is 5.51 Å². The van der Waals surface area contributed by atoms with E-state index < -0.39 is 0 Å². The maximum Gasteiger partial charge on any atom is 0.186 e. The largest absolute Gasteiger partial charge is 0.359 e. The van der Waals surface area contributed by atoms with Gasteiger partial charge < -0.3 is 10.6 Å². The Morgan fingerprint density at radius 1 is 1.24 bits per heavy atom. The summed E-state index contributed by atoms with van der Waals surface area (Å²) in [4.78, 5) is 11.0. The Balaban J connectivity index is 1.51. The minimum atomic E-state index is 0.592. The van der Waals surface area contributed by atoms with Gasteiger partial charge in [-0.15, -0.1) is 11.3 Å². The molecule has 2 aromatic rings. The molecule has 2 atom stereocenters. The van der Waals surface area contributed by atoms with Crippen LogP contribution in [0.4, 0.5) is 5.13 Å². The van der Waals surface area contributed by atoms with Crippen molar-refractivity contribution in [2.75, 3.05) is 5.32 Å². The molecule has 4 rings (SSSR count). The van der Waals surface area contributed by atoms with Crippen LogP contribution in [0.1, 0.15) is 25.7 Å². The second-order valence-corrected chi connectivity index (χ2v) is 6.74. The third kappa shape index (κ3) is 1.84. The van der Waals surface area contributed by atoms with Crippen LogP contribution in [0, 0.1) is 0 Å². The smallest absolute Gasteiger partial charge is 0.186 e. The van der Waals surface area contributed by atoms with Crippen molar-refractivity contribution in [3.8, 4) is 0 Å². The summed E-state index contributed by atoms with van der Waals surface area (Å²) < 4.78 is 0. The molecule has 2 aliphatic heterocycles. The van der Waals surface area contributed by atoms with E-state index >= 15 is 0 Å². The summed E-state index contributed by atoms with van der Waals surface area (Å²) >= 11 is 3.30. The quantitative estimate of drug-likeness (QED) is 0.876. The first-order valence-electron chi connectivity index (χ1n) is 6.09. The molecular weight excluding hydrogens is 252 g/mol. The zero-order valence-corrected chi connectivity index (χ0v) is 11.0. The van der Waals surface area contributed by atoms with Crippen LogP contribution in [-0.2, 0) is 0 Å². The van der Waals surface area contributed by atoms with E-state index in [0.717, 1.165) is 26.9 Å². The van der Waals surface area contributed by atoms with Crippen LogP contribution in [0.3, 0.4) is 0 Å². The van der Waals surface area contributed by atoms with E-state index in [9.17, 15) is 0 Å². The molecule has 2 aliphatic rings. The molecular formula is C11H14N4S2. The predicted molar refractivity (Wildman–Crippen MR) is 71.9 cm³/mol. The molecule has 0 amide bonds. The number of aromatic nitrogens is 2. The van der Waals surface area contributed by atoms with Gasteiger partial charge in [0.2, 0.25) is 0 Å². The summed E-state index contributed by atoms with van der Waals surface area (Å²) in [6.07, 6.45) is 5.16. The Morgan fingerprint density at radius 3 is 2.82 bits per heavy atom. The second-order valence-electron chi connectivity index (χ2n) is 4.93. The second kappa shape index (κ2) is 3.90. The molecule has 2 aromatic heterocycles. The first-order chi connectivity index (χ1) is 8.37. The minimum absolute atomic E-state index is 0.592. The van der Waals surface area contributed by atoms with E-state index in [1.165, 1.54) is 25.7 Å². The average molecular weight is 266 g/mol. The number of thiazole rings is 2. The molecule has 4 nitrogen and oxygen atoms in total. The number of anilines is 1. The highest BCUT2D eigenvalue weighted by molar-refractivity contribution is 7.27. The van der Waals surface area contributed by atoms with Crippen molar-refractivity contribution in [3.63, 3.8) is 0 Å². The van der Waals surface area contributed by atoms with E-state index in [4.69, 9.17) is 0 Å². The highest BCUT2D eigenvalue weighted by Gasteiger charge is 2.33. The highest BCUT2D eigenvalue weighted by atomic mass is 32.1. The van der Waals surface area contributed by atoms with Crippen molar-refractivity contribution in [1.29, 1.82) is 0 Å². The molecule has 4 heterocycles. The molecule has 2 fully saturated rings. The van der Waals surface area contributed by atoms with Crippen LogP contribution in [0.25, 0.3) is 9.66 Å². The molecule has 2 N–H and O–H groups in total. The minimum Gasteiger partial charge on any atom is -0.359 e. The van der Waals surface area contributed by atoms with Gasteiger partial charge in [-0.1, -0.05) is 11.3 Å². The summed E-state index contributed by atoms with van der Waals surface area (Å²) in [6, 6.07) is 2.05. The fourth-order valence-corrected chi connectivity index (χ4v) is 4.73. The molecule has 0 spiro atoms. The Kier molecular flexibility index (Phi) is 2.34. The van der Waals surface area contributed by atoms with Gasteiger partial charge in [-0.3, -0.25) is 0 Å². The Morgan fingerprint density at radius 2 is 2.06 bits per heavy atom. The van der Waals surface area contributed by atoms with Crippen molar-refractivity contribution >= 4 is 37.5 Å². The molecule has 2 unspecified atom stereocenters. The van der Waals surface area contributed by atoms with E-state index in [1.54, 1.807) is 22.7 Å². The topological polar surface area (TPSA) is 49.8 Å². The highest BCUT2D eigenvalue weighted by Crippen LogP contribution is 2.32. The summed E-state index contributed by atoms with van der Waals surface area (Å²) in [6.45, 7) is 0. The van der Waals surface area contributed by atoms with Gasteiger partial charge in [-0.2, -0.15) is 0 Å². The monoisotopic (exact) mass is 266 g/mol. The number of piperidine rings is 1. The molecule has 0 saturated carbocycles. The number of hydrogen-bond acceptors (Lipinski definition) is 6. The molecule has 0 aliphatic carbocycles. The maximum absolute atomic E-state index is 4.58. The number of fused-ring (bicyclic) bond motifs is 3. The Bertz CT molecular complexity index is 494. The maximum atomic E-state index is 4.58. The van der Waals surface area contributed by atoms with E-state index in [0.29, 0.717) is 6.04 Å². The lowest BCUT2D eigenvalue weighted by Gasteiger charge is -2.29. The normalized spacial score (nSPS) is 32.1. The van der Waals surface area contributed by atoms with Crippen molar-refractivity contribution in [2.24, 2.45) is 0 Å². The lowest BCUT2D eigenvalue weighted by Crippen LogP contribution is -2.43. The van der Waals surface area contributed by atoms with Crippen LogP contribution in [0.2, 0.25) is 0 Å². The average Bonchev–Trinajstić information content (AvgIpc) is 2.93. The third-order valence-corrected chi connectivity index (χ3v) is 5.46. The van der Waals surface area contributed by atoms with Crippen LogP contribution in [0.5, 0.6) is 0 Å². The van der Waals surface area contributed by atoms with Gasteiger partial charge in [0.25, 0.3) is 0 Å². The first-order valence-corrected chi connectivity index (χ1v) is 7.79. The number of rotatable bonds is 2. The van der Waals surface area contributed by atoms with Gasteiger partial charge >= 0.3 is 0 Å². The van der Waals surface area contributed by atoms with Gasteiger partial charge in [0.15, 0.2) is 14.8 Å². The van der Waals surface area contributed by atoms with Crippen molar-refractivity contribution < 1.29 is 0 Å². The summed E-state index contributed by atoms with van der Waals surface area (Å²) in [5.41, 5.74) is 1.86.